The minimum atomic E-state index is 0.0269. The molecule has 0 aromatic heterocycles. The SMILES string of the molecule is COc1ccc(O)c(C2=NN(c3ccccc3)C(c3cccc4ccccc34)C2)c1. The molecule has 0 radical (unpaired) electrons. The van der Waals surface area contributed by atoms with Gasteiger partial charge in [-0.15, -0.1) is 0 Å². The molecule has 1 heterocycles. The van der Waals surface area contributed by atoms with E-state index in [1.165, 1.54) is 16.3 Å². The van der Waals surface area contributed by atoms with Crippen molar-refractivity contribution in [2.45, 2.75) is 12.5 Å². The Kier molecular flexibility index (Phi) is 4.60. The average Bonchev–Trinajstić information content (AvgIpc) is 3.24. The molecule has 0 saturated heterocycles. The van der Waals surface area contributed by atoms with Gasteiger partial charge in [-0.3, -0.25) is 5.01 Å². The molecule has 0 amide bonds. The molecule has 0 bridgehead atoms. The topological polar surface area (TPSA) is 45.1 Å². The summed E-state index contributed by atoms with van der Waals surface area (Å²) < 4.78 is 5.37. The number of nitrogens with zero attached hydrogens (tertiary/aromatic N) is 2. The highest BCUT2D eigenvalue weighted by atomic mass is 16.5. The van der Waals surface area contributed by atoms with Gasteiger partial charge < -0.3 is 9.84 Å². The molecule has 148 valence electrons. The summed E-state index contributed by atoms with van der Waals surface area (Å²) in [6.45, 7) is 0. The van der Waals surface area contributed by atoms with E-state index in [0.717, 1.165) is 11.4 Å². The second-order valence-corrected chi connectivity index (χ2v) is 7.40. The summed E-state index contributed by atoms with van der Waals surface area (Å²) in [5.41, 5.74) is 3.79. The zero-order valence-electron chi connectivity index (χ0n) is 16.7. The van der Waals surface area contributed by atoms with Crippen molar-refractivity contribution in [2.24, 2.45) is 5.10 Å². The van der Waals surface area contributed by atoms with Gasteiger partial charge in [0.25, 0.3) is 0 Å². The number of phenolic OH excluding ortho intramolecular Hbond substituents is 1. The lowest BCUT2D eigenvalue weighted by molar-refractivity contribution is 0.412. The van der Waals surface area contributed by atoms with Crippen molar-refractivity contribution in [3.05, 3.63) is 102 Å². The summed E-state index contributed by atoms with van der Waals surface area (Å²) in [6.07, 6.45) is 0.684. The second kappa shape index (κ2) is 7.56. The fraction of sp³-hybridized carbons (Fsp3) is 0.115. The third kappa shape index (κ3) is 3.16. The van der Waals surface area contributed by atoms with Gasteiger partial charge in [-0.25, -0.2) is 0 Å². The van der Waals surface area contributed by atoms with Gasteiger partial charge >= 0.3 is 0 Å². The Balaban J connectivity index is 1.65. The highest BCUT2D eigenvalue weighted by Crippen LogP contribution is 2.40. The number of methoxy groups -OCH3 is 1. The molecule has 0 saturated carbocycles. The summed E-state index contributed by atoms with van der Waals surface area (Å²) in [4.78, 5) is 0. The van der Waals surface area contributed by atoms with Crippen molar-refractivity contribution in [2.75, 3.05) is 12.1 Å². The molecule has 1 unspecified atom stereocenters. The van der Waals surface area contributed by atoms with Gasteiger partial charge in [0.05, 0.1) is 24.6 Å². The molecule has 1 atom stereocenters. The third-order valence-electron chi connectivity index (χ3n) is 5.63. The number of phenols is 1. The van der Waals surface area contributed by atoms with Crippen molar-refractivity contribution in [3.8, 4) is 11.5 Å². The van der Waals surface area contributed by atoms with Crippen LogP contribution in [0.4, 0.5) is 5.69 Å². The van der Waals surface area contributed by atoms with Gasteiger partial charge in [-0.1, -0.05) is 60.7 Å². The molecular formula is C26H22N2O2. The lowest BCUT2D eigenvalue weighted by atomic mass is 9.93. The number of rotatable bonds is 4. The summed E-state index contributed by atoms with van der Waals surface area (Å²) in [7, 11) is 1.63. The second-order valence-electron chi connectivity index (χ2n) is 7.40. The number of anilines is 1. The molecule has 0 aliphatic carbocycles. The molecule has 5 rings (SSSR count). The minimum absolute atomic E-state index is 0.0269. The van der Waals surface area contributed by atoms with Crippen LogP contribution in [0.1, 0.15) is 23.6 Å². The molecular weight excluding hydrogens is 372 g/mol. The van der Waals surface area contributed by atoms with Crippen LogP contribution in [0.2, 0.25) is 0 Å². The standard InChI is InChI=1S/C26H22N2O2/c1-30-20-14-15-26(29)23(16-20)24-17-25(28(27-24)19-10-3-2-4-11-19)22-13-7-9-18-8-5-6-12-21(18)22/h2-16,25,29H,17H2,1H3. The Morgan fingerprint density at radius 2 is 1.67 bits per heavy atom. The molecule has 4 nitrogen and oxygen atoms in total. The van der Waals surface area contributed by atoms with Crippen LogP contribution in [0.3, 0.4) is 0 Å². The number of hydrazone groups is 1. The van der Waals surface area contributed by atoms with Crippen LogP contribution in [-0.2, 0) is 0 Å². The first-order valence-corrected chi connectivity index (χ1v) is 10.0. The Labute approximate surface area is 175 Å². The zero-order chi connectivity index (χ0) is 20.5. The predicted octanol–water partition coefficient (Wildman–Crippen LogP) is 5.91. The number of aromatic hydroxyl groups is 1. The summed E-state index contributed by atoms with van der Waals surface area (Å²) in [6, 6.07) is 30.3. The Bertz CT molecular complexity index is 1230. The number of benzene rings is 4. The van der Waals surface area contributed by atoms with Crippen LogP contribution >= 0.6 is 0 Å². The van der Waals surface area contributed by atoms with Gasteiger partial charge in [0.15, 0.2) is 0 Å². The zero-order valence-corrected chi connectivity index (χ0v) is 16.7. The first kappa shape index (κ1) is 18.3. The highest BCUT2D eigenvalue weighted by molar-refractivity contribution is 6.06. The van der Waals surface area contributed by atoms with Crippen molar-refractivity contribution in [1.29, 1.82) is 0 Å². The van der Waals surface area contributed by atoms with E-state index in [-0.39, 0.29) is 11.8 Å². The van der Waals surface area contributed by atoms with Crippen LogP contribution in [0, 0.1) is 0 Å². The van der Waals surface area contributed by atoms with E-state index in [4.69, 9.17) is 9.84 Å². The van der Waals surface area contributed by atoms with E-state index in [2.05, 4.69) is 59.6 Å². The van der Waals surface area contributed by atoms with E-state index < -0.39 is 0 Å². The highest BCUT2D eigenvalue weighted by Gasteiger charge is 2.32. The largest absolute Gasteiger partial charge is 0.507 e. The van der Waals surface area contributed by atoms with E-state index >= 15 is 0 Å². The van der Waals surface area contributed by atoms with Crippen LogP contribution in [0.15, 0.2) is 96.1 Å². The minimum Gasteiger partial charge on any atom is -0.507 e. The van der Waals surface area contributed by atoms with Gasteiger partial charge in [-0.2, -0.15) is 5.10 Å². The van der Waals surface area contributed by atoms with Crippen molar-refractivity contribution < 1.29 is 9.84 Å². The van der Waals surface area contributed by atoms with E-state index in [9.17, 15) is 5.11 Å². The average molecular weight is 394 g/mol. The van der Waals surface area contributed by atoms with Gasteiger partial charge in [0.1, 0.15) is 11.5 Å². The maximum atomic E-state index is 10.5. The Morgan fingerprint density at radius 1 is 0.900 bits per heavy atom. The van der Waals surface area contributed by atoms with Crippen LogP contribution < -0.4 is 9.75 Å². The number of hydrogen-bond acceptors (Lipinski definition) is 4. The van der Waals surface area contributed by atoms with E-state index in [1.807, 2.05) is 24.3 Å². The lowest BCUT2D eigenvalue weighted by Crippen LogP contribution is -2.18. The first-order chi connectivity index (χ1) is 14.7. The molecule has 1 N–H and O–H groups in total. The quantitative estimate of drug-likeness (QED) is 0.468. The van der Waals surface area contributed by atoms with Gasteiger partial charge in [0.2, 0.25) is 0 Å². The number of para-hydroxylation sites is 1. The normalized spacial score (nSPS) is 16.0. The summed E-state index contributed by atoms with van der Waals surface area (Å²) >= 11 is 0. The fourth-order valence-corrected chi connectivity index (χ4v) is 4.15. The monoisotopic (exact) mass is 394 g/mol. The molecule has 0 fully saturated rings. The number of ether oxygens (including phenoxy) is 1. The van der Waals surface area contributed by atoms with Gasteiger partial charge in [0, 0.05) is 12.0 Å². The molecule has 0 spiro atoms. The molecule has 1 aliphatic heterocycles. The van der Waals surface area contributed by atoms with Crippen molar-refractivity contribution in [3.63, 3.8) is 0 Å². The van der Waals surface area contributed by atoms with Crippen molar-refractivity contribution in [1.82, 2.24) is 0 Å². The maximum Gasteiger partial charge on any atom is 0.124 e. The maximum absolute atomic E-state index is 10.5. The van der Waals surface area contributed by atoms with Crippen LogP contribution in [0.25, 0.3) is 10.8 Å². The third-order valence-corrected chi connectivity index (χ3v) is 5.63. The molecule has 1 aliphatic rings. The Hall–Kier alpha value is -3.79. The molecule has 4 aromatic carbocycles. The number of fused-ring (bicyclic) bond motifs is 1. The first-order valence-electron chi connectivity index (χ1n) is 10.0. The predicted molar refractivity (Wildman–Crippen MR) is 121 cm³/mol. The van der Waals surface area contributed by atoms with E-state index in [1.54, 1.807) is 19.2 Å². The lowest BCUT2D eigenvalue weighted by Gasteiger charge is -2.25. The molecule has 4 heteroatoms. The smallest absolute Gasteiger partial charge is 0.124 e. The van der Waals surface area contributed by atoms with Gasteiger partial charge in [-0.05, 0) is 46.7 Å². The van der Waals surface area contributed by atoms with E-state index in [0.29, 0.717) is 17.7 Å². The molecule has 4 aromatic rings. The van der Waals surface area contributed by atoms with Crippen LogP contribution in [0.5, 0.6) is 11.5 Å². The Morgan fingerprint density at radius 3 is 2.50 bits per heavy atom. The summed E-state index contributed by atoms with van der Waals surface area (Å²) in [5.74, 6) is 0.909. The number of hydrogen-bond donors (Lipinski definition) is 1. The fourth-order valence-electron chi connectivity index (χ4n) is 4.15. The van der Waals surface area contributed by atoms with Crippen LogP contribution in [-0.4, -0.2) is 17.9 Å². The summed E-state index contributed by atoms with van der Waals surface area (Å²) in [5, 5.41) is 20.0. The van der Waals surface area contributed by atoms with Crippen molar-refractivity contribution >= 4 is 22.2 Å². The molecule has 30 heavy (non-hydrogen) atoms.